The van der Waals surface area contributed by atoms with Gasteiger partial charge in [-0.05, 0) is 12.1 Å². The number of esters is 1. The number of ether oxygens (including phenoxy) is 1. The summed E-state index contributed by atoms with van der Waals surface area (Å²) in [4.78, 5) is 15.8. The summed E-state index contributed by atoms with van der Waals surface area (Å²) in [5.74, 6) is -0.416. The summed E-state index contributed by atoms with van der Waals surface area (Å²) in [6, 6.07) is 3.60. The van der Waals surface area contributed by atoms with E-state index >= 15 is 0 Å². The van der Waals surface area contributed by atoms with Gasteiger partial charge in [0, 0.05) is 12.0 Å². The molecule has 1 aromatic carbocycles. The van der Waals surface area contributed by atoms with Crippen molar-refractivity contribution in [2.24, 2.45) is 0 Å². The van der Waals surface area contributed by atoms with Crippen LogP contribution in [0.2, 0.25) is 0 Å². The molecule has 0 radical (unpaired) electrons. The Morgan fingerprint density at radius 3 is 2.75 bits per heavy atom. The van der Waals surface area contributed by atoms with Crippen molar-refractivity contribution < 1.29 is 24.3 Å². The number of carbonyl (C=O) groups excluding carboxylic acids is 1. The van der Waals surface area contributed by atoms with Gasteiger partial charge in [-0.1, -0.05) is 19.0 Å². The zero-order valence-electron chi connectivity index (χ0n) is 11.0. The Morgan fingerprint density at radius 2 is 2.15 bits per heavy atom. The van der Waals surface area contributed by atoms with E-state index in [-0.39, 0.29) is 35.5 Å². The van der Waals surface area contributed by atoms with Crippen LogP contribution in [0.1, 0.15) is 41.8 Å². The van der Waals surface area contributed by atoms with Crippen LogP contribution in [0.3, 0.4) is 0 Å². The van der Waals surface area contributed by atoms with E-state index in [9.17, 15) is 9.90 Å². The average Bonchev–Trinajstić information content (AvgIpc) is 2.85. The lowest BCUT2D eigenvalue weighted by atomic mass is 10.2. The van der Waals surface area contributed by atoms with Crippen molar-refractivity contribution in [1.29, 1.82) is 0 Å². The summed E-state index contributed by atoms with van der Waals surface area (Å²) in [5, 5.41) is 22.4. The normalized spacial score (nSPS) is 10.8. The molecule has 2 aromatic rings. The molecule has 7 heteroatoms. The van der Waals surface area contributed by atoms with Crippen molar-refractivity contribution in [2.75, 3.05) is 0 Å². The molecule has 0 aliphatic heterocycles. The second kappa shape index (κ2) is 5.60. The van der Waals surface area contributed by atoms with Gasteiger partial charge in [-0.25, -0.2) is 4.79 Å². The van der Waals surface area contributed by atoms with Crippen molar-refractivity contribution in [3.63, 3.8) is 0 Å². The van der Waals surface area contributed by atoms with E-state index in [1.165, 1.54) is 12.1 Å². The van der Waals surface area contributed by atoms with Crippen LogP contribution in [0.15, 0.2) is 22.7 Å². The van der Waals surface area contributed by atoms with Crippen LogP contribution < -0.4 is 0 Å². The molecule has 0 aliphatic rings. The first-order valence-electron chi connectivity index (χ1n) is 5.99. The highest BCUT2D eigenvalue weighted by molar-refractivity contribution is 5.92. The summed E-state index contributed by atoms with van der Waals surface area (Å²) in [6.45, 7) is 3.64. The van der Waals surface area contributed by atoms with Gasteiger partial charge in [-0.15, -0.1) is 0 Å². The maximum atomic E-state index is 11.7. The SMILES string of the molecule is CC(C)c1noc(COC(=O)c2ccc(O)cc2O)n1. The molecular weight excluding hydrogens is 264 g/mol. The third-order valence-electron chi connectivity index (χ3n) is 2.53. The van der Waals surface area contributed by atoms with E-state index in [2.05, 4.69) is 10.1 Å². The highest BCUT2D eigenvalue weighted by atomic mass is 16.6. The Morgan fingerprint density at radius 1 is 1.40 bits per heavy atom. The molecule has 0 bridgehead atoms. The first-order valence-corrected chi connectivity index (χ1v) is 5.99. The molecule has 0 aliphatic carbocycles. The van der Waals surface area contributed by atoms with E-state index in [0.717, 1.165) is 6.07 Å². The molecule has 1 heterocycles. The average molecular weight is 278 g/mol. The molecule has 0 fully saturated rings. The van der Waals surface area contributed by atoms with Crippen molar-refractivity contribution in [3.8, 4) is 11.5 Å². The van der Waals surface area contributed by atoms with Crippen LogP contribution in [-0.2, 0) is 11.3 Å². The van der Waals surface area contributed by atoms with Gasteiger partial charge < -0.3 is 19.5 Å². The maximum absolute atomic E-state index is 11.7. The van der Waals surface area contributed by atoms with E-state index in [4.69, 9.17) is 14.4 Å². The molecule has 106 valence electrons. The van der Waals surface area contributed by atoms with Gasteiger partial charge in [0.1, 0.15) is 17.1 Å². The summed E-state index contributed by atoms with van der Waals surface area (Å²) in [7, 11) is 0. The van der Waals surface area contributed by atoms with Crippen LogP contribution in [0.5, 0.6) is 11.5 Å². The van der Waals surface area contributed by atoms with Gasteiger partial charge in [0.25, 0.3) is 5.89 Å². The van der Waals surface area contributed by atoms with Gasteiger partial charge in [0.15, 0.2) is 12.4 Å². The molecule has 0 saturated heterocycles. The largest absolute Gasteiger partial charge is 0.508 e. The van der Waals surface area contributed by atoms with Gasteiger partial charge in [-0.2, -0.15) is 4.98 Å². The minimum atomic E-state index is -0.744. The molecule has 2 N–H and O–H groups in total. The standard InChI is InChI=1S/C13H14N2O5/c1-7(2)12-14-11(20-15-12)6-19-13(18)9-4-3-8(16)5-10(9)17/h3-5,7,16-17H,6H2,1-2H3. The van der Waals surface area contributed by atoms with Crippen molar-refractivity contribution >= 4 is 5.97 Å². The van der Waals surface area contributed by atoms with Gasteiger partial charge in [0.05, 0.1) is 0 Å². The fraction of sp³-hybridized carbons (Fsp3) is 0.308. The molecule has 0 saturated carbocycles. The van der Waals surface area contributed by atoms with Gasteiger partial charge in [0.2, 0.25) is 0 Å². The van der Waals surface area contributed by atoms with E-state index < -0.39 is 5.97 Å². The Hall–Kier alpha value is -2.57. The number of hydrogen-bond donors (Lipinski definition) is 2. The lowest BCUT2D eigenvalue weighted by Gasteiger charge is -2.04. The number of hydrogen-bond acceptors (Lipinski definition) is 7. The number of carbonyl (C=O) groups is 1. The molecule has 0 amide bonds. The molecule has 0 atom stereocenters. The van der Waals surface area contributed by atoms with Crippen LogP contribution in [-0.4, -0.2) is 26.3 Å². The second-order valence-corrected chi connectivity index (χ2v) is 4.48. The molecule has 2 rings (SSSR count). The molecule has 0 spiro atoms. The number of nitrogens with zero attached hydrogens (tertiary/aromatic N) is 2. The van der Waals surface area contributed by atoms with Crippen LogP contribution >= 0.6 is 0 Å². The van der Waals surface area contributed by atoms with E-state index in [0.29, 0.717) is 5.82 Å². The fourth-order valence-corrected chi connectivity index (χ4v) is 1.46. The van der Waals surface area contributed by atoms with Gasteiger partial charge >= 0.3 is 5.97 Å². The van der Waals surface area contributed by atoms with Crippen LogP contribution in [0.4, 0.5) is 0 Å². The fourth-order valence-electron chi connectivity index (χ4n) is 1.46. The maximum Gasteiger partial charge on any atom is 0.342 e. The van der Waals surface area contributed by atoms with Crippen molar-refractivity contribution in [1.82, 2.24) is 10.1 Å². The second-order valence-electron chi connectivity index (χ2n) is 4.48. The number of aromatic nitrogens is 2. The molecular formula is C13H14N2O5. The van der Waals surface area contributed by atoms with Crippen molar-refractivity contribution in [3.05, 3.63) is 35.5 Å². The third-order valence-corrected chi connectivity index (χ3v) is 2.53. The summed E-state index contributed by atoms with van der Waals surface area (Å²) in [5.41, 5.74) is -0.0496. The zero-order valence-corrected chi connectivity index (χ0v) is 11.0. The van der Waals surface area contributed by atoms with E-state index in [1.807, 2.05) is 13.8 Å². The molecule has 20 heavy (non-hydrogen) atoms. The molecule has 1 aromatic heterocycles. The van der Waals surface area contributed by atoms with Crippen LogP contribution in [0.25, 0.3) is 0 Å². The number of benzene rings is 1. The monoisotopic (exact) mass is 278 g/mol. The summed E-state index contributed by atoms with van der Waals surface area (Å²) >= 11 is 0. The molecule has 7 nitrogen and oxygen atoms in total. The van der Waals surface area contributed by atoms with Crippen LogP contribution in [0, 0.1) is 0 Å². The predicted octanol–water partition coefficient (Wildman–Crippen LogP) is 1.96. The minimum Gasteiger partial charge on any atom is -0.508 e. The third kappa shape index (κ3) is 3.05. The summed E-state index contributed by atoms with van der Waals surface area (Å²) < 4.78 is 9.87. The van der Waals surface area contributed by atoms with Crippen molar-refractivity contribution in [2.45, 2.75) is 26.4 Å². The number of phenolic OH excluding ortho intramolecular Hbond substituents is 2. The zero-order chi connectivity index (χ0) is 14.7. The molecule has 0 unspecified atom stereocenters. The first-order chi connectivity index (χ1) is 9.47. The van der Waals surface area contributed by atoms with E-state index in [1.54, 1.807) is 0 Å². The van der Waals surface area contributed by atoms with Gasteiger partial charge in [-0.3, -0.25) is 0 Å². The smallest absolute Gasteiger partial charge is 0.342 e. The lowest BCUT2D eigenvalue weighted by Crippen LogP contribution is -2.05. The quantitative estimate of drug-likeness (QED) is 0.823. The highest BCUT2D eigenvalue weighted by Crippen LogP contribution is 2.23. The number of rotatable bonds is 4. The predicted molar refractivity (Wildman–Crippen MR) is 67.3 cm³/mol. The number of aromatic hydroxyl groups is 2. The Labute approximate surface area is 114 Å². The topological polar surface area (TPSA) is 106 Å². The minimum absolute atomic E-state index is 0.0496. The Balaban J connectivity index is 2.01. The highest BCUT2D eigenvalue weighted by Gasteiger charge is 2.16. The summed E-state index contributed by atoms with van der Waals surface area (Å²) in [6.07, 6.45) is 0. The first kappa shape index (κ1) is 13.9. The number of phenols is 2. The Kier molecular flexibility index (Phi) is 3.88. The lowest BCUT2D eigenvalue weighted by molar-refractivity contribution is 0.0426. The Bertz CT molecular complexity index is 621.